The van der Waals surface area contributed by atoms with Gasteiger partial charge in [0, 0.05) is 0 Å². The summed E-state index contributed by atoms with van der Waals surface area (Å²) < 4.78 is 0. The van der Waals surface area contributed by atoms with Crippen molar-refractivity contribution in [2.75, 3.05) is 0 Å². The second-order valence-electron chi connectivity index (χ2n) is 2.30. The van der Waals surface area contributed by atoms with Crippen LogP contribution in [-0.4, -0.2) is 5.48 Å². The molecular formula is C13H36O. The summed E-state index contributed by atoms with van der Waals surface area (Å²) in [6.45, 7) is 18.8. The van der Waals surface area contributed by atoms with Crippen molar-refractivity contribution in [2.45, 2.75) is 81.6 Å². The minimum absolute atomic E-state index is 0. The Balaban J connectivity index is -0.0000000332. The molecule has 0 amide bonds. The number of hydrogen-bond acceptors (Lipinski definition) is 0. The van der Waals surface area contributed by atoms with E-state index in [1.165, 1.54) is 19.3 Å². The molecule has 1 unspecified atom stereocenters. The molecule has 0 bridgehead atoms. The normalized spacial score (nSPS) is 8.36. The minimum atomic E-state index is 0. The topological polar surface area (TPSA) is 31.5 Å². The van der Waals surface area contributed by atoms with Gasteiger partial charge in [-0.05, 0) is 5.92 Å². The summed E-state index contributed by atoms with van der Waals surface area (Å²) >= 11 is 0. The molecule has 0 aromatic heterocycles. The van der Waals surface area contributed by atoms with Crippen molar-refractivity contribution in [2.24, 2.45) is 5.92 Å². The molecule has 1 heteroatoms. The zero-order valence-corrected chi connectivity index (χ0v) is 12.2. The van der Waals surface area contributed by atoms with Gasteiger partial charge in [0.2, 0.25) is 0 Å². The first-order chi connectivity index (χ1) is 6.31. The molecule has 0 spiro atoms. The van der Waals surface area contributed by atoms with E-state index in [0.717, 1.165) is 5.92 Å². The van der Waals surface area contributed by atoms with Gasteiger partial charge >= 0.3 is 0 Å². The van der Waals surface area contributed by atoms with Crippen LogP contribution in [0.1, 0.15) is 81.6 Å². The summed E-state index contributed by atoms with van der Waals surface area (Å²) in [5.41, 5.74) is 0. The molecule has 0 saturated heterocycles. The molecule has 2 N–H and O–H groups in total. The molecule has 1 atom stereocenters. The van der Waals surface area contributed by atoms with E-state index in [1.54, 1.807) is 0 Å². The fourth-order valence-electron chi connectivity index (χ4n) is 0.697. The van der Waals surface area contributed by atoms with Crippen LogP contribution in [0, 0.1) is 5.92 Å². The van der Waals surface area contributed by atoms with Crippen molar-refractivity contribution >= 4 is 0 Å². The van der Waals surface area contributed by atoms with Crippen LogP contribution in [-0.2, 0) is 0 Å². The van der Waals surface area contributed by atoms with Crippen LogP contribution in [0.15, 0.2) is 0 Å². The van der Waals surface area contributed by atoms with Crippen molar-refractivity contribution in [3.63, 3.8) is 0 Å². The highest BCUT2D eigenvalue weighted by molar-refractivity contribution is 4.45. The van der Waals surface area contributed by atoms with E-state index in [0.29, 0.717) is 0 Å². The SMILES string of the molecule is CC.CC.CC.CCCC(C)CC.O. The molecule has 14 heavy (non-hydrogen) atoms. The lowest BCUT2D eigenvalue weighted by Crippen LogP contribution is -1.88. The lowest BCUT2D eigenvalue weighted by Gasteiger charge is -2.02. The van der Waals surface area contributed by atoms with Crippen molar-refractivity contribution in [3.8, 4) is 0 Å². The summed E-state index contributed by atoms with van der Waals surface area (Å²) in [6, 6.07) is 0. The molecule has 0 fully saturated rings. The first kappa shape index (κ1) is 29.2. The van der Waals surface area contributed by atoms with E-state index in [9.17, 15) is 0 Å². The Bertz CT molecular complexity index is 36.2. The molecule has 0 aromatic rings. The Kier molecular flexibility index (Phi) is 109. The average Bonchev–Trinajstić information content (AvgIpc) is 2.27. The highest BCUT2D eigenvalue weighted by atomic mass is 16.0. The van der Waals surface area contributed by atoms with Gasteiger partial charge in [-0.1, -0.05) is 81.6 Å². The third-order valence-corrected chi connectivity index (χ3v) is 1.48. The van der Waals surface area contributed by atoms with E-state index in [1.807, 2.05) is 41.5 Å². The van der Waals surface area contributed by atoms with Crippen molar-refractivity contribution < 1.29 is 5.48 Å². The zero-order chi connectivity index (χ0) is 11.7. The molecule has 0 radical (unpaired) electrons. The van der Waals surface area contributed by atoms with Crippen LogP contribution < -0.4 is 0 Å². The highest BCUT2D eigenvalue weighted by Crippen LogP contribution is 2.07. The van der Waals surface area contributed by atoms with E-state index in [-0.39, 0.29) is 5.48 Å². The first-order valence-electron chi connectivity index (χ1n) is 6.31. The Morgan fingerprint density at radius 1 is 0.786 bits per heavy atom. The third kappa shape index (κ3) is 58.4. The maximum atomic E-state index is 2.31. The van der Waals surface area contributed by atoms with E-state index >= 15 is 0 Å². The van der Waals surface area contributed by atoms with Gasteiger partial charge in [-0.2, -0.15) is 0 Å². The minimum Gasteiger partial charge on any atom is -0.412 e. The zero-order valence-electron chi connectivity index (χ0n) is 12.2. The lowest BCUT2D eigenvalue weighted by atomic mass is 10.0. The molecule has 94 valence electrons. The summed E-state index contributed by atoms with van der Waals surface area (Å²) in [6.07, 6.45) is 4.08. The van der Waals surface area contributed by atoms with E-state index in [2.05, 4.69) is 20.8 Å². The maximum absolute atomic E-state index is 2.31. The molecule has 0 aliphatic carbocycles. The maximum Gasteiger partial charge on any atom is -0.0446 e. The fraction of sp³-hybridized carbons (Fsp3) is 1.00. The molecule has 0 heterocycles. The van der Waals surface area contributed by atoms with Gasteiger partial charge in [-0.3, -0.25) is 0 Å². The van der Waals surface area contributed by atoms with Crippen LogP contribution in [0.3, 0.4) is 0 Å². The molecule has 1 nitrogen and oxygen atoms in total. The second-order valence-corrected chi connectivity index (χ2v) is 2.30. The second kappa shape index (κ2) is 52.2. The highest BCUT2D eigenvalue weighted by Gasteiger charge is 1.92. The van der Waals surface area contributed by atoms with Crippen molar-refractivity contribution in [1.82, 2.24) is 0 Å². The first-order valence-corrected chi connectivity index (χ1v) is 6.31. The number of hydrogen-bond donors (Lipinski definition) is 0. The van der Waals surface area contributed by atoms with E-state index < -0.39 is 0 Å². The quantitative estimate of drug-likeness (QED) is 0.619. The van der Waals surface area contributed by atoms with Crippen LogP contribution in [0.25, 0.3) is 0 Å². The van der Waals surface area contributed by atoms with Gasteiger partial charge in [0.05, 0.1) is 0 Å². The number of rotatable bonds is 3. The Hall–Kier alpha value is -0.0400. The molecule has 0 saturated carbocycles. The van der Waals surface area contributed by atoms with E-state index in [4.69, 9.17) is 0 Å². The average molecular weight is 208 g/mol. The molecule has 0 aromatic carbocycles. The van der Waals surface area contributed by atoms with Gasteiger partial charge in [-0.15, -0.1) is 0 Å². The van der Waals surface area contributed by atoms with Crippen LogP contribution in [0.5, 0.6) is 0 Å². The monoisotopic (exact) mass is 208 g/mol. The fourth-order valence-corrected chi connectivity index (χ4v) is 0.697. The summed E-state index contributed by atoms with van der Waals surface area (Å²) in [5, 5.41) is 0. The van der Waals surface area contributed by atoms with Crippen molar-refractivity contribution in [3.05, 3.63) is 0 Å². The predicted octanol–water partition coefficient (Wildman–Crippen LogP) is 5.09. The van der Waals surface area contributed by atoms with Crippen molar-refractivity contribution in [1.29, 1.82) is 0 Å². The Morgan fingerprint density at radius 2 is 1.07 bits per heavy atom. The van der Waals surface area contributed by atoms with Gasteiger partial charge < -0.3 is 5.48 Å². The Labute approximate surface area is 93.6 Å². The van der Waals surface area contributed by atoms with Gasteiger partial charge in [0.1, 0.15) is 0 Å². The van der Waals surface area contributed by atoms with Gasteiger partial charge in [0.25, 0.3) is 0 Å². The van der Waals surface area contributed by atoms with Gasteiger partial charge in [-0.25, -0.2) is 0 Å². The largest absolute Gasteiger partial charge is 0.412 e. The molecular weight excluding hydrogens is 172 g/mol. The summed E-state index contributed by atoms with van der Waals surface area (Å²) in [5.74, 6) is 0.949. The van der Waals surface area contributed by atoms with Gasteiger partial charge in [0.15, 0.2) is 0 Å². The van der Waals surface area contributed by atoms with Crippen LogP contribution in [0.4, 0.5) is 0 Å². The lowest BCUT2D eigenvalue weighted by molar-refractivity contribution is 0.509. The third-order valence-electron chi connectivity index (χ3n) is 1.48. The Morgan fingerprint density at radius 3 is 1.14 bits per heavy atom. The van der Waals surface area contributed by atoms with Crippen LogP contribution >= 0.6 is 0 Å². The molecule has 0 aliphatic rings. The predicted molar refractivity (Wildman–Crippen MR) is 72.0 cm³/mol. The summed E-state index contributed by atoms with van der Waals surface area (Å²) in [4.78, 5) is 0. The molecule has 0 aliphatic heterocycles. The standard InChI is InChI=1S/C7H16.3C2H6.H2O/c1-4-6-7(3)5-2;3*1-2;/h7H,4-6H2,1-3H3;3*1-2H3;1H2. The summed E-state index contributed by atoms with van der Waals surface area (Å²) in [7, 11) is 0. The molecule has 0 rings (SSSR count). The van der Waals surface area contributed by atoms with Crippen LogP contribution in [0.2, 0.25) is 0 Å². The smallest absolute Gasteiger partial charge is 0.0446 e.